The highest BCUT2D eigenvalue weighted by Gasteiger charge is 2.50. The Kier molecular flexibility index (Phi) is 11.0. The molecule has 3 aromatic rings. The van der Waals surface area contributed by atoms with E-state index < -0.39 is 83.8 Å². The average Bonchev–Trinajstić information content (AvgIpc) is 3.83. The Hall–Kier alpha value is -2.66. The number of thioether (sulfide) groups is 1. The van der Waals surface area contributed by atoms with Gasteiger partial charge in [-0.25, -0.2) is 24.1 Å². The molecule has 1 saturated carbocycles. The SMILES string of the molecule is NC(=O)c1ccc[n+]([C@H]2O[C@@H](COP(=O)(O)OP(=O)(O)OC[C@H]3O[C@@H](n4c(SC5CCCC5)nc5c(N)ncnc54)[C@@H](O)C3O)[C@@H](O)C2O)c1. The fourth-order valence-corrected chi connectivity index (χ4v) is 9.28. The maximum atomic E-state index is 12.7. The molecule has 0 spiro atoms. The van der Waals surface area contributed by atoms with Crippen molar-refractivity contribution in [3.05, 3.63) is 36.4 Å². The van der Waals surface area contributed by atoms with E-state index in [-0.39, 0.29) is 27.8 Å². The molecule has 3 aromatic heterocycles. The van der Waals surface area contributed by atoms with E-state index in [9.17, 15) is 44.1 Å². The summed E-state index contributed by atoms with van der Waals surface area (Å²) in [7, 11) is -10.8. The molecule has 3 fully saturated rings. The number of primary amides is 1. The molecule has 6 rings (SSSR count). The van der Waals surface area contributed by atoms with Crippen LogP contribution in [0, 0.1) is 0 Å². The number of anilines is 1. The molecular weight excluding hydrogens is 728 g/mol. The first-order valence-electron chi connectivity index (χ1n) is 15.3. The molecule has 4 unspecified atom stereocenters. The van der Waals surface area contributed by atoms with E-state index in [1.54, 1.807) is 0 Å². The Morgan fingerprint density at radius 2 is 1.64 bits per heavy atom. The first kappa shape index (κ1) is 37.1. The Bertz CT molecular complexity index is 1820. The van der Waals surface area contributed by atoms with Crippen LogP contribution < -0.4 is 16.0 Å². The molecule has 10 atom stereocenters. The molecule has 24 heteroatoms. The number of aliphatic hydroxyl groups excluding tert-OH is 4. The van der Waals surface area contributed by atoms with E-state index in [4.69, 9.17) is 30.0 Å². The van der Waals surface area contributed by atoms with Crippen LogP contribution in [0.1, 0.15) is 48.5 Å². The third-order valence-corrected chi connectivity index (χ3v) is 12.3. The summed E-state index contributed by atoms with van der Waals surface area (Å²) in [6.07, 6.45) is -4.08. The number of pyridine rings is 1. The molecule has 50 heavy (non-hydrogen) atoms. The normalized spacial score (nSPS) is 31.2. The van der Waals surface area contributed by atoms with Crippen molar-refractivity contribution in [2.24, 2.45) is 5.73 Å². The van der Waals surface area contributed by atoms with E-state index >= 15 is 0 Å². The Morgan fingerprint density at radius 1 is 1.00 bits per heavy atom. The maximum absolute atomic E-state index is 12.7. The second-order valence-electron chi connectivity index (χ2n) is 11.8. The van der Waals surface area contributed by atoms with Crippen molar-refractivity contribution in [3.8, 4) is 0 Å². The monoisotopic (exact) mass is 764 g/mol. The lowest BCUT2D eigenvalue weighted by Crippen LogP contribution is -2.46. The summed E-state index contributed by atoms with van der Waals surface area (Å²) in [5, 5.41) is 43.3. The maximum Gasteiger partial charge on any atom is 0.481 e. The third-order valence-electron chi connectivity index (χ3n) is 8.39. The average molecular weight is 765 g/mol. The van der Waals surface area contributed by atoms with E-state index in [2.05, 4.69) is 19.3 Å². The number of carbonyl (C=O) groups is 1. The predicted molar refractivity (Wildman–Crippen MR) is 167 cm³/mol. The van der Waals surface area contributed by atoms with Crippen molar-refractivity contribution < 1.29 is 71.5 Å². The van der Waals surface area contributed by atoms with Crippen molar-refractivity contribution in [1.82, 2.24) is 19.5 Å². The number of nitrogen functional groups attached to an aromatic ring is 1. The number of nitrogens with zero attached hydrogens (tertiary/aromatic N) is 5. The van der Waals surface area contributed by atoms with E-state index in [1.165, 1.54) is 51.7 Å². The number of hydrogen-bond acceptors (Lipinski definition) is 17. The van der Waals surface area contributed by atoms with Crippen LogP contribution in [0.15, 0.2) is 36.0 Å². The minimum absolute atomic E-state index is 0.0723. The van der Waals surface area contributed by atoms with E-state index in [0.717, 1.165) is 25.7 Å². The van der Waals surface area contributed by atoms with Gasteiger partial charge in [0.05, 0.1) is 13.2 Å². The number of aromatic nitrogens is 5. The standard InChI is InChI=1S/C26H35N7O14P2S/c27-21-16-23(30-11-29-21)33(26(31-16)50-13-5-1-2-6-13)25-20(37)18(35)15(46-25)10-44-49(41,42)47-48(39,40)43-9-14-17(34)19(36)24(45-14)32-7-3-4-12(8-32)22(28)38/h3-4,7-8,11,13-15,17-20,24-25,34-37H,1-2,5-6,9-10H2,(H5-,27,28,29,30,38,39,40,41,42)/p+1/t14-,15+,17+,18?,19?,20-,24-,25+/m0/s1. The Balaban J connectivity index is 1.07. The predicted octanol–water partition coefficient (Wildman–Crippen LogP) is -0.981. The molecule has 3 aliphatic rings. The van der Waals surface area contributed by atoms with Gasteiger partial charge >= 0.3 is 15.6 Å². The topological polar surface area (TPSA) is 318 Å². The second-order valence-corrected chi connectivity index (χ2v) is 16.1. The number of amides is 1. The number of ether oxygens (including phenoxy) is 2. The van der Waals surface area contributed by atoms with Crippen LogP contribution in [0.2, 0.25) is 0 Å². The number of hydrogen-bond donors (Lipinski definition) is 8. The van der Waals surface area contributed by atoms with E-state index in [0.29, 0.717) is 5.16 Å². The fourth-order valence-electron chi connectivity index (χ4n) is 5.88. The number of fused-ring (bicyclic) bond motifs is 1. The number of rotatable bonds is 13. The van der Waals surface area contributed by atoms with E-state index in [1.807, 2.05) is 0 Å². The zero-order valence-corrected chi connectivity index (χ0v) is 28.6. The van der Waals surface area contributed by atoms with Gasteiger partial charge in [0, 0.05) is 11.3 Å². The summed E-state index contributed by atoms with van der Waals surface area (Å²) in [6.45, 7) is -1.79. The van der Waals surface area contributed by atoms with Crippen LogP contribution in [-0.4, -0.2) is 111 Å². The van der Waals surface area contributed by atoms with Gasteiger partial charge in [-0.3, -0.25) is 18.4 Å². The number of phosphoric acid groups is 2. The molecule has 1 aliphatic carbocycles. The van der Waals surface area contributed by atoms with Gasteiger partial charge in [0.1, 0.15) is 42.4 Å². The van der Waals surface area contributed by atoms with Gasteiger partial charge in [0.2, 0.25) is 0 Å². The van der Waals surface area contributed by atoms with Crippen LogP contribution in [-0.2, 0) is 32.0 Å². The molecule has 10 N–H and O–H groups in total. The summed E-state index contributed by atoms with van der Waals surface area (Å²) in [4.78, 5) is 44.6. The summed E-state index contributed by atoms with van der Waals surface area (Å²) in [5.41, 5.74) is 11.8. The first-order valence-corrected chi connectivity index (χ1v) is 19.2. The smallest absolute Gasteiger partial charge is 0.387 e. The molecule has 0 radical (unpaired) electrons. The lowest BCUT2D eigenvalue weighted by molar-refractivity contribution is -0.765. The molecule has 2 saturated heterocycles. The van der Waals surface area contributed by atoms with Crippen molar-refractivity contribution in [2.45, 2.75) is 85.2 Å². The molecule has 274 valence electrons. The molecule has 2 aliphatic heterocycles. The Labute approximate surface area is 287 Å². The lowest BCUT2D eigenvalue weighted by atomic mass is 10.1. The zero-order chi connectivity index (χ0) is 36.0. The number of aliphatic hydroxyl groups is 4. The van der Waals surface area contributed by atoms with Gasteiger partial charge in [-0.05, 0) is 18.9 Å². The third kappa shape index (κ3) is 7.88. The van der Waals surface area contributed by atoms with Crippen molar-refractivity contribution in [1.29, 1.82) is 0 Å². The molecule has 5 heterocycles. The van der Waals surface area contributed by atoms with Gasteiger partial charge in [0.25, 0.3) is 12.1 Å². The number of phosphoric ester groups is 2. The van der Waals surface area contributed by atoms with Gasteiger partial charge in [-0.1, -0.05) is 24.6 Å². The molecule has 1 amide bonds. The number of imidazole rings is 1. The van der Waals surface area contributed by atoms with Gasteiger partial charge in [0.15, 0.2) is 46.9 Å². The van der Waals surface area contributed by atoms with Gasteiger partial charge in [-0.15, -0.1) is 0 Å². The zero-order valence-electron chi connectivity index (χ0n) is 26.0. The lowest BCUT2D eigenvalue weighted by Gasteiger charge is -2.21. The van der Waals surface area contributed by atoms with Crippen LogP contribution in [0.25, 0.3) is 11.2 Å². The summed E-state index contributed by atoms with van der Waals surface area (Å²) >= 11 is 1.43. The van der Waals surface area contributed by atoms with Crippen LogP contribution >= 0.6 is 27.4 Å². The van der Waals surface area contributed by atoms with Crippen molar-refractivity contribution in [2.75, 3.05) is 18.9 Å². The summed E-state index contributed by atoms with van der Waals surface area (Å²) < 4.78 is 53.3. The highest BCUT2D eigenvalue weighted by molar-refractivity contribution is 7.99. The van der Waals surface area contributed by atoms with Crippen LogP contribution in [0.4, 0.5) is 5.82 Å². The molecule has 0 aromatic carbocycles. The first-order chi connectivity index (χ1) is 23.6. The van der Waals surface area contributed by atoms with Gasteiger partial charge in [-0.2, -0.15) is 8.88 Å². The molecule has 0 bridgehead atoms. The number of carbonyl (C=O) groups excluding carboxylic acids is 1. The fraction of sp³-hybridized carbons (Fsp3) is 0.577. The highest BCUT2D eigenvalue weighted by atomic mass is 32.2. The van der Waals surface area contributed by atoms with Crippen LogP contribution in [0.3, 0.4) is 0 Å². The van der Waals surface area contributed by atoms with Gasteiger partial charge < -0.3 is 51.2 Å². The summed E-state index contributed by atoms with van der Waals surface area (Å²) in [5.74, 6) is -0.676. The summed E-state index contributed by atoms with van der Waals surface area (Å²) in [6, 6.07) is 2.85. The largest absolute Gasteiger partial charge is 0.481 e. The minimum atomic E-state index is -5.40. The van der Waals surface area contributed by atoms with Crippen molar-refractivity contribution in [3.63, 3.8) is 0 Å². The molecular formula is C26H36N7O14P2S+. The minimum Gasteiger partial charge on any atom is -0.387 e. The number of nitrogens with two attached hydrogens (primary N) is 2. The highest BCUT2D eigenvalue weighted by Crippen LogP contribution is 2.61. The second kappa shape index (κ2) is 14.8. The quantitative estimate of drug-likeness (QED) is 0.0766. The molecule has 21 nitrogen and oxygen atoms in total. The van der Waals surface area contributed by atoms with Crippen molar-refractivity contribution >= 4 is 50.3 Å². The Morgan fingerprint density at radius 3 is 2.30 bits per heavy atom. The van der Waals surface area contributed by atoms with Crippen LogP contribution in [0.5, 0.6) is 0 Å².